The minimum Gasteiger partial charge on any atom is -0.471 e. The molecule has 0 aliphatic heterocycles. The van der Waals surface area contributed by atoms with Crippen molar-refractivity contribution in [1.29, 1.82) is 0 Å². The van der Waals surface area contributed by atoms with Gasteiger partial charge in [-0.05, 0) is 6.07 Å². The molecule has 8 heteroatoms. The number of nitrogens with zero attached hydrogens (tertiary/aromatic N) is 1. The molecule has 0 unspecified atom stereocenters. The largest absolute Gasteiger partial charge is 0.471 e. The normalized spacial score (nSPS) is 12.6. The summed E-state index contributed by atoms with van der Waals surface area (Å²) in [6, 6.07) is 2.94. The molecule has 0 atom stereocenters. The van der Waals surface area contributed by atoms with Gasteiger partial charge in [0.05, 0.1) is 0 Å². The van der Waals surface area contributed by atoms with Crippen LogP contribution in [-0.2, 0) is 0 Å². The van der Waals surface area contributed by atoms with Gasteiger partial charge in [-0.3, -0.25) is 0 Å². The number of aromatic nitrogens is 1. The summed E-state index contributed by atoms with van der Waals surface area (Å²) in [6.45, 7) is -1.94. The standard InChI is InChI=1S/C8H5F6NO/c9-5-2-1-3-6(15-5)16-4-7(10,11)8(12,13)14/h1-3H,4H2. The van der Waals surface area contributed by atoms with Gasteiger partial charge in [-0.2, -0.15) is 31.3 Å². The first-order valence-corrected chi connectivity index (χ1v) is 3.92. The summed E-state index contributed by atoms with van der Waals surface area (Å²) in [4.78, 5) is 2.97. The molecule has 0 saturated carbocycles. The summed E-state index contributed by atoms with van der Waals surface area (Å²) < 4.78 is 76.2. The SMILES string of the molecule is Fc1cccc(OCC(F)(F)C(F)(F)F)n1. The zero-order chi connectivity index (χ0) is 12.4. The molecule has 0 N–H and O–H groups in total. The van der Waals surface area contributed by atoms with Crippen LogP contribution in [0.2, 0.25) is 0 Å². The molecule has 16 heavy (non-hydrogen) atoms. The van der Waals surface area contributed by atoms with E-state index in [1.54, 1.807) is 0 Å². The van der Waals surface area contributed by atoms with Gasteiger partial charge in [0.15, 0.2) is 6.61 Å². The van der Waals surface area contributed by atoms with E-state index in [9.17, 15) is 26.3 Å². The molecule has 0 saturated heterocycles. The van der Waals surface area contributed by atoms with Gasteiger partial charge >= 0.3 is 12.1 Å². The van der Waals surface area contributed by atoms with Crippen molar-refractivity contribution in [2.45, 2.75) is 12.1 Å². The third-order valence-corrected chi connectivity index (χ3v) is 1.51. The number of ether oxygens (including phenoxy) is 1. The highest BCUT2D eigenvalue weighted by Gasteiger charge is 2.58. The predicted octanol–water partition coefficient (Wildman–Crippen LogP) is 2.80. The Bertz CT molecular complexity index is 364. The Morgan fingerprint density at radius 2 is 1.75 bits per heavy atom. The van der Waals surface area contributed by atoms with E-state index in [0.717, 1.165) is 18.2 Å². The first kappa shape index (κ1) is 12.6. The van der Waals surface area contributed by atoms with Gasteiger partial charge in [0.1, 0.15) is 0 Å². The molecule has 1 aromatic rings. The van der Waals surface area contributed by atoms with Gasteiger partial charge in [0, 0.05) is 6.07 Å². The lowest BCUT2D eigenvalue weighted by Gasteiger charge is -2.19. The van der Waals surface area contributed by atoms with Crippen LogP contribution in [-0.4, -0.2) is 23.7 Å². The maximum absolute atomic E-state index is 12.4. The number of pyridine rings is 1. The van der Waals surface area contributed by atoms with Crippen molar-refractivity contribution in [1.82, 2.24) is 4.98 Å². The second kappa shape index (κ2) is 4.18. The lowest BCUT2D eigenvalue weighted by atomic mass is 10.3. The Morgan fingerprint density at radius 1 is 1.12 bits per heavy atom. The number of hydrogen-bond donors (Lipinski definition) is 0. The fourth-order valence-electron chi connectivity index (χ4n) is 0.716. The third-order valence-electron chi connectivity index (χ3n) is 1.51. The van der Waals surface area contributed by atoms with Crippen LogP contribution in [0.25, 0.3) is 0 Å². The average Bonchev–Trinajstić information content (AvgIpc) is 2.13. The molecular weight excluding hydrogens is 240 g/mol. The van der Waals surface area contributed by atoms with E-state index in [-0.39, 0.29) is 0 Å². The van der Waals surface area contributed by atoms with E-state index in [4.69, 9.17) is 0 Å². The van der Waals surface area contributed by atoms with Crippen LogP contribution in [0.5, 0.6) is 5.88 Å². The molecule has 2 nitrogen and oxygen atoms in total. The Balaban J connectivity index is 2.65. The van der Waals surface area contributed by atoms with E-state index < -0.39 is 30.5 Å². The van der Waals surface area contributed by atoms with Gasteiger partial charge in [0.25, 0.3) is 0 Å². The zero-order valence-electron chi connectivity index (χ0n) is 7.56. The van der Waals surface area contributed by atoms with Crippen LogP contribution in [0.1, 0.15) is 0 Å². The number of alkyl halides is 5. The molecular formula is C8H5F6NO. The third kappa shape index (κ3) is 3.01. The summed E-state index contributed by atoms with van der Waals surface area (Å²) in [5.74, 6) is -6.67. The Labute approximate surface area is 85.9 Å². The zero-order valence-corrected chi connectivity index (χ0v) is 7.56. The number of hydrogen-bond acceptors (Lipinski definition) is 2. The highest BCUT2D eigenvalue weighted by molar-refractivity contribution is 5.10. The van der Waals surface area contributed by atoms with Crippen molar-refractivity contribution in [3.8, 4) is 5.88 Å². The molecule has 0 aliphatic rings. The summed E-state index contributed by atoms with van der Waals surface area (Å²) in [5, 5.41) is 0. The van der Waals surface area contributed by atoms with Crippen molar-refractivity contribution in [3.05, 3.63) is 24.1 Å². The molecule has 90 valence electrons. The molecule has 1 aromatic heterocycles. The summed E-state index contributed by atoms with van der Waals surface area (Å²) >= 11 is 0. The highest BCUT2D eigenvalue weighted by atomic mass is 19.4. The fourth-order valence-corrected chi connectivity index (χ4v) is 0.716. The minimum absolute atomic E-state index is 0.635. The van der Waals surface area contributed by atoms with Crippen molar-refractivity contribution >= 4 is 0 Å². The smallest absolute Gasteiger partial charge is 0.456 e. The predicted molar refractivity (Wildman–Crippen MR) is 40.7 cm³/mol. The second-order valence-corrected chi connectivity index (χ2v) is 2.79. The van der Waals surface area contributed by atoms with E-state index in [2.05, 4.69) is 9.72 Å². The molecule has 0 spiro atoms. The van der Waals surface area contributed by atoms with E-state index >= 15 is 0 Å². The second-order valence-electron chi connectivity index (χ2n) is 2.79. The molecule has 0 radical (unpaired) electrons. The Hall–Kier alpha value is -1.47. The molecule has 0 aromatic carbocycles. The molecule has 1 rings (SSSR count). The molecule has 0 bridgehead atoms. The lowest BCUT2D eigenvalue weighted by molar-refractivity contribution is -0.290. The van der Waals surface area contributed by atoms with Crippen molar-refractivity contribution in [2.75, 3.05) is 6.61 Å². The van der Waals surface area contributed by atoms with E-state index in [0.29, 0.717) is 0 Å². The summed E-state index contributed by atoms with van der Waals surface area (Å²) in [7, 11) is 0. The Kier molecular flexibility index (Phi) is 3.30. The van der Waals surface area contributed by atoms with Crippen LogP contribution < -0.4 is 4.74 Å². The first-order chi connectivity index (χ1) is 7.22. The average molecular weight is 245 g/mol. The van der Waals surface area contributed by atoms with Gasteiger partial charge < -0.3 is 4.74 Å². The quantitative estimate of drug-likeness (QED) is 0.603. The Morgan fingerprint density at radius 3 is 2.25 bits per heavy atom. The molecule has 0 fully saturated rings. The van der Waals surface area contributed by atoms with E-state index in [1.807, 2.05) is 0 Å². The van der Waals surface area contributed by atoms with Crippen LogP contribution in [0.15, 0.2) is 18.2 Å². The van der Waals surface area contributed by atoms with Gasteiger partial charge in [-0.15, -0.1) is 0 Å². The lowest BCUT2D eigenvalue weighted by Crippen LogP contribution is -2.41. The fraction of sp³-hybridized carbons (Fsp3) is 0.375. The number of halogens is 6. The van der Waals surface area contributed by atoms with Gasteiger partial charge in [0.2, 0.25) is 11.8 Å². The van der Waals surface area contributed by atoms with Crippen molar-refractivity contribution in [2.24, 2.45) is 0 Å². The minimum atomic E-state index is -5.71. The first-order valence-electron chi connectivity index (χ1n) is 3.92. The van der Waals surface area contributed by atoms with Gasteiger partial charge in [-0.1, -0.05) is 6.07 Å². The van der Waals surface area contributed by atoms with Crippen LogP contribution in [0, 0.1) is 5.95 Å². The maximum atomic E-state index is 12.4. The summed E-state index contributed by atoms with van der Waals surface area (Å²) in [5.41, 5.74) is 0. The maximum Gasteiger partial charge on any atom is 0.456 e. The monoisotopic (exact) mass is 245 g/mol. The number of rotatable bonds is 3. The summed E-state index contributed by atoms with van der Waals surface area (Å²) in [6.07, 6.45) is -5.71. The molecule has 1 heterocycles. The molecule has 0 amide bonds. The van der Waals surface area contributed by atoms with Crippen LogP contribution >= 0.6 is 0 Å². The van der Waals surface area contributed by atoms with Crippen LogP contribution in [0.4, 0.5) is 26.3 Å². The van der Waals surface area contributed by atoms with Crippen molar-refractivity contribution < 1.29 is 31.1 Å². The topological polar surface area (TPSA) is 22.1 Å². The highest BCUT2D eigenvalue weighted by Crippen LogP contribution is 2.35. The van der Waals surface area contributed by atoms with Crippen molar-refractivity contribution in [3.63, 3.8) is 0 Å². The van der Waals surface area contributed by atoms with Crippen LogP contribution in [0.3, 0.4) is 0 Å². The van der Waals surface area contributed by atoms with Gasteiger partial charge in [-0.25, -0.2) is 0 Å². The van der Waals surface area contributed by atoms with E-state index in [1.165, 1.54) is 0 Å². The molecule has 0 aliphatic carbocycles.